The highest BCUT2D eigenvalue weighted by Gasteiger charge is 2.45. The van der Waals surface area contributed by atoms with Crippen LogP contribution in [-0.4, -0.2) is 176 Å². The Labute approximate surface area is 909 Å². The number of carbonyl (C=O) groups is 10. The molecule has 6 N–H and O–H groups in total. The zero-order valence-corrected chi connectivity index (χ0v) is 96.7. The van der Waals surface area contributed by atoms with E-state index in [1.807, 2.05) is 130 Å². The van der Waals surface area contributed by atoms with Gasteiger partial charge in [0.2, 0.25) is 29.5 Å². The molecule has 9 aliphatic rings. The van der Waals surface area contributed by atoms with Crippen LogP contribution in [0, 0.1) is 128 Å². The first-order valence-corrected chi connectivity index (χ1v) is 58.7. The summed E-state index contributed by atoms with van der Waals surface area (Å²) in [6, 6.07) is 12.7. The number of carboxylic acid groups (broad SMARTS) is 4. The number of aromatic carboxylic acids is 4. The lowest BCUT2D eigenvalue weighted by Crippen LogP contribution is -2.53. The van der Waals surface area contributed by atoms with Crippen LogP contribution in [0.2, 0.25) is 0 Å². The van der Waals surface area contributed by atoms with Gasteiger partial charge in [-0.05, 0) is 380 Å². The predicted molar refractivity (Wildman–Crippen MR) is 601 cm³/mol. The summed E-state index contributed by atoms with van der Waals surface area (Å²) in [6.45, 7) is 37.8. The summed E-state index contributed by atoms with van der Waals surface area (Å²) in [5.74, 6) is 25.3. The smallest absolute Gasteiger partial charge is 0.430 e. The molecule has 822 valence electrons. The van der Waals surface area contributed by atoms with Gasteiger partial charge in [0.15, 0.2) is 0 Å². The zero-order chi connectivity index (χ0) is 110. The first-order chi connectivity index (χ1) is 70.7. The first kappa shape index (κ1) is 121. The minimum Gasteiger partial charge on any atom is -0.477 e. The molecule has 6 amide bonds. The van der Waals surface area contributed by atoms with E-state index in [-0.39, 0.29) is 143 Å². The Kier molecular flexibility index (Phi) is 44.1. The van der Waals surface area contributed by atoms with Gasteiger partial charge in [0.05, 0.1) is 42.3 Å². The Bertz CT molecular complexity index is 5490. The highest BCUT2D eigenvalue weighted by Crippen LogP contribution is 2.46. The average Bonchev–Trinajstić information content (AvgIpc) is 1.63. The molecule has 0 aromatic carbocycles. The summed E-state index contributed by atoms with van der Waals surface area (Å²) >= 11 is 4.63. The minimum atomic E-state index is -1.04. The summed E-state index contributed by atoms with van der Waals surface area (Å²) in [5, 5.41) is 50.6. The second kappa shape index (κ2) is 54.9. The van der Waals surface area contributed by atoms with E-state index in [2.05, 4.69) is 105 Å². The predicted octanol–water partition coefficient (Wildman–Crippen LogP) is 26.4. The van der Waals surface area contributed by atoms with Crippen LogP contribution in [0.1, 0.15) is 420 Å². The standard InChI is InChI=1S/C33H49N3O5S.C32H42N4O5S.2C27H40N2O3S/c1-22-11-13-23(14-12-22)30(37)36(28-21-27(19-20-33(2,3)4)42-29(28)31(38)39)25-17-15-24(16-18-25)34-35(5)32(40)41-26-9-7-6-8-10-26;1-21-9-11-22(12-10-21)29(37)36(26-20-25(17-18-32(2,3)4)42-28(26)30(38)39)24-15-13-23(14-16-24)34-35(5)31(40)41-27-8-6-7-19-33-27;2*1-18-7-11-20(12-8-18)25(30)29(28(6)21-13-9-19(2)10-14-21)23-17-22(15-16-27(3,4)5)33-24(23)26(31)32/h21-26,34H,6-18H2,1-5H3,(H,38,39);6-8,19-24,34H,9-16H2,1-5H3,(H,38,39);2*17-21H,7-14H2,1-6H3,(H,31,32). The highest BCUT2D eigenvalue weighted by molar-refractivity contribution is 7.16. The SMILES string of the molecule is CC1CCC(C(=O)N(c2cc(C#CC(C)(C)C)sc2C(=O)O)C2CCC(NN(C)C(=O)OC3CCCCC3)CC2)CC1.CC1CCC(C(=O)N(c2cc(C#CC(C)(C)C)sc2C(=O)O)C2CCC(NN(C)C(=O)Oc3ccccn3)CC2)CC1.CC1CCC(C(=O)N(c2cc(C#CC(C)(C)C)sc2C(=O)O)N(C)C2CCC(C)CC2)CC1.CC1CCC(C(=O)N(c2cc(C#CC(C)(C)C)sc2C(=O)O)N(C)C2CCC(C)CC2)CC1. The Hall–Kier alpha value is -9.67. The van der Waals surface area contributed by atoms with Crippen LogP contribution in [0.3, 0.4) is 0 Å². The number of hydrogen-bond donors (Lipinski definition) is 6. The number of aromatic nitrogens is 1. The number of amides is 6. The van der Waals surface area contributed by atoms with Crippen molar-refractivity contribution < 1.29 is 77.8 Å². The number of hydrazine groups is 4. The van der Waals surface area contributed by atoms with Crippen LogP contribution >= 0.6 is 45.3 Å². The minimum absolute atomic E-state index is 0.000558. The van der Waals surface area contributed by atoms with Crippen LogP contribution in [0.5, 0.6) is 5.88 Å². The molecule has 0 unspecified atom stereocenters. The number of ether oxygens (including phenoxy) is 2. The number of anilines is 4. The van der Waals surface area contributed by atoms with E-state index in [1.54, 1.807) is 59.5 Å². The van der Waals surface area contributed by atoms with Crippen LogP contribution in [0.15, 0.2) is 48.7 Å². The van der Waals surface area contributed by atoms with Crippen LogP contribution in [0.25, 0.3) is 0 Å². The van der Waals surface area contributed by atoms with E-state index in [0.717, 1.165) is 228 Å². The molecule has 0 radical (unpaired) electrons. The second-order valence-corrected chi connectivity index (χ2v) is 52.8. The number of hydrogen-bond acceptors (Lipinski definition) is 21. The van der Waals surface area contributed by atoms with Crippen molar-refractivity contribution >= 4 is 128 Å². The lowest BCUT2D eigenvalue weighted by atomic mass is 9.81. The van der Waals surface area contributed by atoms with Crippen molar-refractivity contribution in [2.24, 2.45) is 80.8 Å². The summed E-state index contributed by atoms with van der Waals surface area (Å²) in [5.41, 5.74) is 7.62. The normalized spacial score (nSPS) is 24.7. The molecular formula is C119H171N11O16S4. The van der Waals surface area contributed by atoms with Gasteiger partial charge in [-0.1, -0.05) is 101 Å². The number of pyridine rings is 1. The van der Waals surface area contributed by atoms with Crippen molar-refractivity contribution in [3.63, 3.8) is 0 Å². The fourth-order valence-electron chi connectivity index (χ4n) is 21.8. The molecule has 27 nitrogen and oxygen atoms in total. The molecule has 9 aliphatic carbocycles. The van der Waals surface area contributed by atoms with E-state index in [9.17, 15) is 68.4 Å². The van der Waals surface area contributed by atoms with Gasteiger partial charge >= 0.3 is 36.1 Å². The van der Waals surface area contributed by atoms with E-state index < -0.39 is 30.0 Å². The topological polar surface area (TPSA) is 333 Å². The number of carbonyl (C=O) groups excluding carboxylic acids is 6. The van der Waals surface area contributed by atoms with Gasteiger partial charge < -0.3 is 39.7 Å². The van der Waals surface area contributed by atoms with E-state index in [1.165, 1.54) is 39.1 Å². The van der Waals surface area contributed by atoms with Crippen LogP contribution in [-0.2, 0) is 23.9 Å². The average molecular weight is 2140 g/mol. The Morgan fingerprint density at radius 2 is 0.600 bits per heavy atom. The number of rotatable bonds is 24. The van der Waals surface area contributed by atoms with Gasteiger partial charge in [-0.25, -0.2) is 74.7 Å². The van der Waals surface area contributed by atoms with E-state index in [4.69, 9.17) is 9.47 Å². The highest BCUT2D eigenvalue weighted by atomic mass is 32.1. The van der Waals surface area contributed by atoms with Crippen molar-refractivity contribution in [1.29, 1.82) is 0 Å². The molecule has 5 aromatic heterocycles. The Morgan fingerprint density at radius 3 is 0.880 bits per heavy atom. The molecule has 5 aromatic rings. The van der Waals surface area contributed by atoms with Crippen molar-refractivity contribution in [2.75, 3.05) is 48.0 Å². The molecule has 9 fully saturated rings. The maximum Gasteiger partial charge on any atom is 0.430 e. The Morgan fingerprint density at radius 1 is 0.333 bits per heavy atom. The molecule has 5 heterocycles. The maximum atomic E-state index is 14.2. The van der Waals surface area contributed by atoms with Gasteiger partial charge in [-0.3, -0.25) is 19.2 Å². The number of thiophene rings is 4. The number of nitrogens with zero attached hydrogens (tertiary/aromatic N) is 9. The fourth-order valence-corrected chi connectivity index (χ4v) is 25.2. The number of carboxylic acids is 4. The van der Waals surface area contributed by atoms with E-state index in [0.29, 0.717) is 103 Å². The molecule has 9 saturated carbocycles. The second-order valence-electron chi connectivity index (χ2n) is 48.6. The summed E-state index contributed by atoms with van der Waals surface area (Å²) in [6.07, 6.45) is 35.3. The van der Waals surface area contributed by atoms with Crippen molar-refractivity contribution in [1.82, 2.24) is 35.9 Å². The third kappa shape index (κ3) is 35.7. The zero-order valence-electron chi connectivity index (χ0n) is 93.4. The quantitative estimate of drug-likeness (QED) is 0.0247. The Balaban J connectivity index is 0.000000191. The molecular weight excluding hydrogens is 1970 g/mol. The molecule has 0 bridgehead atoms. The molecule has 0 aliphatic heterocycles. The fraction of sp³-hybridized carbons (Fsp3) is 0.672. The lowest BCUT2D eigenvalue weighted by molar-refractivity contribution is -0.128. The van der Waals surface area contributed by atoms with Crippen molar-refractivity contribution in [3.05, 3.63) is 87.7 Å². The molecule has 0 spiro atoms. The molecule has 0 atom stereocenters. The van der Waals surface area contributed by atoms with Crippen LogP contribution in [0.4, 0.5) is 32.3 Å². The molecule has 14 rings (SSSR count). The third-order valence-electron chi connectivity index (χ3n) is 30.9. The van der Waals surface area contributed by atoms with Crippen molar-refractivity contribution in [3.8, 4) is 53.2 Å². The maximum absolute atomic E-state index is 14.2. The van der Waals surface area contributed by atoms with E-state index >= 15 is 0 Å². The monoisotopic (exact) mass is 2140 g/mol. The largest absolute Gasteiger partial charge is 0.477 e. The third-order valence-corrected chi connectivity index (χ3v) is 35.0. The molecule has 31 heteroatoms. The van der Waals surface area contributed by atoms with Gasteiger partial charge in [-0.15, -0.1) is 45.3 Å². The first-order valence-electron chi connectivity index (χ1n) is 55.5. The van der Waals surface area contributed by atoms with Gasteiger partial charge in [0.25, 0.3) is 0 Å². The van der Waals surface area contributed by atoms with Crippen LogP contribution < -0.4 is 35.4 Å². The van der Waals surface area contributed by atoms with Gasteiger partial charge in [0, 0.05) is 122 Å². The lowest BCUT2D eigenvalue weighted by Gasteiger charge is -2.42. The summed E-state index contributed by atoms with van der Waals surface area (Å²) < 4.78 is 11.0. The van der Waals surface area contributed by atoms with Gasteiger partial charge in [-0.2, -0.15) is 0 Å². The number of nitrogens with one attached hydrogen (secondary N) is 2. The van der Waals surface area contributed by atoms with Gasteiger partial charge in [0.1, 0.15) is 25.6 Å². The summed E-state index contributed by atoms with van der Waals surface area (Å²) in [4.78, 5) is 142. The van der Waals surface area contributed by atoms with Crippen molar-refractivity contribution in [2.45, 2.75) is 405 Å². The summed E-state index contributed by atoms with van der Waals surface area (Å²) in [7, 11) is 7.26. The molecule has 0 saturated heterocycles. The molecule has 150 heavy (non-hydrogen) atoms.